The number of rotatable bonds is 4. The number of nitrogens with one attached hydrogen (secondary N) is 1. The van der Waals surface area contributed by atoms with Gasteiger partial charge in [-0.2, -0.15) is 0 Å². The van der Waals surface area contributed by atoms with Crippen molar-refractivity contribution in [1.29, 1.82) is 0 Å². The highest BCUT2D eigenvalue weighted by molar-refractivity contribution is 6.16. The van der Waals surface area contributed by atoms with E-state index in [1.807, 2.05) is 78.9 Å². The van der Waals surface area contributed by atoms with Crippen molar-refractivity contribution >= 4 is 23.4 Å². The van der Waals surface area contributed by atoms with Crippen LogP contribution in [0.5, 0.6) is 0 Å². The average Bonchev–Trinajstić information content (AvgIpc) is 3.35. The van der Waals surface area contributed by atoms with Gasteiger partial charge in [0.15, 0.2) is 11.3 Å². The minimum absolute atomic E-state index is 0.0976. The normalized spacial score (nSPS) is 22.3. The highest BCUT2D eigenvalue weighted by Gasteiger charge is 2.60. The van der Waals surface area contributed by atoms with Crippen LogP contribution in [-0.2, 0) is 9.53 Å². The van der Waals surface area contributed by atoms with Crippen LogP contribution in [-0.4, -0.2) is 24.4 Å². The van der Waals surface area contributed by atoms with Crippen LogP contribution >= 0.6 is 0 Å². The molecule has 1 aliphatic heterocycles. The molecule has 0 fully saturated rings. The molecule has 2 aliphatic rings. The monoisotopic (exact) mass is 407 g/mol. The number of ether oxygens (including phenoxy) is 1. The summed E-state index contributed by atoms with van der Waals surface area (Å²) in [5, 5.41) is 3.28. The quantitative estimate of drug-likeness (QED) is 0.507. The predicted molar refractivity (Wildman–Crippen MR) is 120 cm³/mol. The molecule has 2 unspecified atom stereocenters. The van der Waals surface area contributed by atoms with Crippen molar-refractivity contribution in [3.05, 3.63) is 119 Å². The molecule has 0 saturated carbocycles. The first-order valence-corrected chi connectivity index (χ1v) is 10.2. The van der Waals surface area contributed by atoms with E-state index in [1.165, 1.54) is 7.11 Å². The third kappa shape index (κ3) is 2.83. The van der Waals surface area contributed by atoms with E-state index >= 15 is 0 Å². The maximum absolute atomic E-state index is 13.4. The van der Waals surface area contributed by atoms with Crippen molar-refractivity contribution in [3.63, 3.8) is 0 Å². The van der Waals surface area contributed by atoms with Gasteiger partial charge >= 0.3 is 5.97 Å². The van der Waals surface area contributed by atoms with Gasteiger partial charge in [-0.15, -0.1) is 0 Å². The standard InChI is InChI=1S/C27H21NO3/c1-31-26(30)27-23(16-18-10-4-2-5-11-18)20-14-8-9-15-21(20)24(27)22(17-28-27)25(29)19-12-6-3-7-13-19/h2-17,24,28H,1H3/b23-16+. The number of ketones is 1. The van der Waals surface area contributed by atoms with Gasteiger partial charge < -0.3 is 10.1 Å². The van der Waals surface area contributed by atoms with Gasteiger partial charge in [0.25, 0.3) is 0 Å². The summed E-state index contributed by atoms with van der Waals surface area (Å²) >= 11 is 0. The number of hydrogen-bond donors (Lipinski definition) is 1. The lowest BCUT2D eigenvalue weighted by atomic mass is 9.78. The summed E-state index contributed by atoms with van der Waals surface area (Å²) in [5.74, 6) is -0.985. The van der Waals surface area contributed by atoms with Crippen LogP contribution in [0.4, 0.5) is 0 Å². The van der Waals surface area contributed by atoms with Crippen molar-refractivity contribution in [2.75, 3.05) is 7.11 Å². The number of methoxy groups -OCH3 is 1. The number of esters is 1. The third-order valence-electron chi connectivity index (χ3n) is 6.10. The molecule has 5 rings (SSSR count). The van der Waals surface area contributed by atoms with E-state index in [-0.39, 0.29) is 5.78 Å². The van der Waals surface area contributed by atoms with Crippen LogP contribution in [0.25, 0.3) is 11.6 Å². The van der Waals surface area contributed by atoms with Gasteiger partial charge in [0.2, 0.25) is 0 Å². The second-order valence-corrected chi connectivity index (χ2v) is 7.73. The highest BCUT2D eigenvalue weighted by Crippen LogP contribution is 2.56. The van der Waals surface area contributed by atoms with E-state index in [0.29, 0.717) is 11.1 Å². The molecule has 0 spiro atoms. The summed E-state index contributed by atoms with van der Waals surface area (Å²) in [6.07, 6.45) is 3.69. The van der Waals surface area contributed by atoms with Gasteiger partial charge in [-0.3, -0.25) is 4.79 Å². The average molecular weight is 407 g/mol. The number of hydrogen-bond acceptors (Lipinski definition) is 4. The molecule has 0 aromatic heterocycles. The van der Waals surface area contributed by atoms with Gasteiger partial charge in [-0.05, 0) is 28.3 Å². The maximum Gasteiger partial charge on any atom is 0.337 e. The van der Waals surface area contributed by atoms with Crippen molar-refractivity contribution < 1.29 is 14.3 Å². The Bertz CT molecular complexity index is 1230. The molecule has 0 saturated heterocycles. The van der Waals surface area contributed by atoms with E-state index in [0.717, 1.165) is 22.3 Å². The fraction of sp³-hybridized carbons (Fsp3) is 0.111. The Morgan fingerprint density at radius 1 is 0.903 bits per heavy atom. The molecule has 152 valence electrons. The second-order valence-electron chi connectivity index (χ2n) is 7.73. The van der Waals surface area contributed by atoms with Crippen molar-refractivity contribution in [3.8, 4) is 0 Å². The van der Waals surface area contributed by atoms with Crippen LogP contribution in [0.2, 0.25) is 0 Å². The van der Waals surface area contributed by atoms with E-state index < -0.39 is 17.4 Å². The molecule has 2 atom stereocenters. The summed E-state index contributed by atoms with van der Waals surface area (Å²) < 4.78 is 5.28. The Balaban J connectivity index is 1.71. The number of benzene rings is 3. The van der Waals surface area contributed by atoms with E-state index in [2.05, 4.69) is 5.32 Å². The summed E-state index contributed by atoms with van der Waals surface area (Å²) in [5.41, 5.74) is 3.62. The molecule has 1 aliphatic carbocycles. The Labute approximate surface area is 180 Å². The number of carbonyl (C=O) groups is 2. The Kier molecular flexibility index (Phi) is 4.55. The lowest BCUT2D eigenvalue weighted by Gasteiger charge is -2.30. The van der Waals surface area contributed by atoms with Crippen LogP contribution in [0.15, 0.2) is 96.7 Å². The molecule has 0 bridgehead atoms. The minimum Gasteiger partial charge on any atom is -0.467 e. The molecule has 3 aromatic rings. The fourth-order valence-electron chi connectivity index (χ4n) is 4.74. The predicted octanol–water partition coefficient (Wildman–Crippen LogP) is 4.61. The molecule has 4 nitrogen and oxygen atoms in total. The SMILES string of the molecule is COC(=O)C12NC=C(C(=O)c3ccccc3)C1c1ccccc1/C2=C\c1ccccc1. The molecule has 4 heteroatoms. The van der Waals surface area contributed by atoms with Crippen molar-refractivity contribution in [2.45, 2.75) is 11.5 Å². The second kappa shape index (κ2) is 7.40. The number of Topliss-reactive ketones (excluding diaryl/α,β-unsaturated/α-hetero) is 1. The van der Waals surface area contributed by atoms with E-state index in [9.17, 15) is 9.59 Å². The van der Waals surface area contributed by atoms with E-state index in [1.54, 1.807) is 18.3 Å². The number of carbonyl (C=O) groups excluding carboxylic acids is 2. The molecule has 31 heavy (non-hydrogen) atoms. The fourth-order valence-corrected chi connectivity index (χ4v) is 4.74. The Morgan fingerprint density at radius 3 is 2.26 bits per heavy atom. The Morgan fingerprint density at radius 2 is 1.55 bits per heavy atom. The smallest absolute Gasteiger partial charge is 0.337 e. The summed E-state index contributed by atoms with van der Waals surface area (Å²) in [4.78, 5) is 26.8. The zero-order valence-corrected chi connectivity index (χ0v) is 17.0. The van der Waals surface area contributed by atoms with Crippen LogP contribution in [0, 0.1) is 0 Å². The third-order valence-corrected chi connectivity index (χ3v) is 6.10. The summed E-state index contributed by atoms with van der Waals surface area (Å²) in [6.45, 7) is 0. The summed E-state index contributed by atoms with van der Waals surface area (Å²) in [7, 11) is 1.38. The topological polar surface area (TPSA) is 55.4 Å². The molecular formula is C27H21NO3. The summed E-state index contributed by atoms with van der Waals surface area (Å²) in [6, 6.07) is 26.9. The van der Waals surface area contributed by atoms with Crippen LogP contribution in [0.3, 0.4) is 0 Å². The molecule has 1 N–H and O–H groups in total. The van der Waals surface area contributed by atoms with Gasteiger partial charge in [-0.1, -0.05) is 84.9 Å². The van der Waals surface area contributed by atoms with Crippen molar-refractivity contribution in [2.24, 2.45) is 0 Å². The van der Waals surface area contributed by atoms with Gasteiger partial charge in [0, 0.05) is 17.3 Å². The first kappa shape index (κ1) is 19.1. The van der Waals surface area contributed by atoms with Gasteiger partial charge in [-0.25, -0.2) is 4.79 Å². The van der Waals surface area contributed by atoms with E-state index in [4.69, 9.17) is 4.74 Å². The molecule has 3 aromatic carbocycles. The highest BCUT2D eigenvalue weighted by atomic mass is 16.5. The van der Waals surface area contributed by atoms with Crippen molar-refractivity contribution in [1.82, 2.24) is 5.32 Å². The molecule has 0 radical (unpaired) electrons. The zero-order chi connectivity index (χ0) is 21.4. The Hall–Kier alpha value is -3.92. The maximum atomic E-state index is 13.4. The molecule has 1 heterocycles. The largest absolute Gasteiger partial charge is 0.467 e. The molecular weight excluding hydrogens is 386 g/mol. The lowest BCUT2D eigenvalue weighted by molar-refractivity contribution is -0.145. The minimum atomic E-state index is -1.19. The number of fused-ring (bicyclic) bond motifs is 3. The zero-order valence-electron chi connectivity index (χ0n) is 17.0. The van der Waals surface area contributed by atoms with Crippen LogP contribution in [0.1, 0.15) is 33.0 Å². The molecule has 0 amide bonds. The van der Waals surface area contributed by atoms with Gasteiger partial charge in [0.1, 0.15) is 0 Å². The first-order chi connectivity index (χ1) is 15.2. The van der Waals surface area contributed by atoms with Crippen LogP contribution < -0.4 is 5.32 Å². The first-order valence-electron chi connectivity index (χ1n) is 10.2. The van der Waals surface area contributed by atoms with Gasteiger partial charge in [0.05, 0.1) is 13.0 Å². The lowest BCUT2D eigenvalue weighted by Crippen LogP contribution is -2.50.